The number of nitrogens with zero attached hydrogens (tertiary/aromatic N) is 1. The predicted octanol–water partition coefficient (Wildman–Crippen LogP) is 4.89. The molecule has 0 aromatic heterocycles. The van der Waals surface area contributed by atoms with E-state index in [4.69, 9.17) is 21.1 Å². The summed E-state index contributed by atoms with van der Waals surface area (Å²) in [5.74, 6) is -0.619. The number of carbonyl (C=O) groups is 2. The third-order valence-electron chi connectivity index (χ3n) is 4.97. The second-order valence-corrected chi connectivity index (χ2v) is 7.31. The maximum atomic E-state index is 13.4. The average Bonchev–Trinajstić information content (AvgIpc) is 3.04. The summed E-state index contributed by atoms with van der Waals surface area (Å²) in [4.78, 5) is 27.8. The Labute approximate surface area is 188 Å². The zero-order valence-electron chi connectivity index (χ0n) is 17.2. The first-order valence-corrected chi connectivity index (χ1v) is 9.94. The lowest BCUT2D eigenvalue weighted by Crippen LogP contribution is -2.32. The Balaban J connectivity index is 1.84. The number of hydrogen-bond acceptors (Lipinski definition) is 5. The fraction of sp³-hybridized carbons (Fsp3) is 0.0833. The van der Waals surface area contributed by atoms with Gasteiger partial charge in [0.15, 0.2) is 0 Å². The Morgan fingerprint density at radius 2 is 1.56 bits per heavy atom. The molecule has 0 saturated heterocycles. The summed E-state index contributed by atoms with van der Waals surface area (Å²) in [5.41, 5.74) is 1.40. The van der Waals surface area contributed by atoms with Crippen LogP contribution >= 0.6 is 11.6 Å². The maximum Gasteiger partial charge on any atom is 0.282 e. The molecule has 162 valence electrons. The second kappa shape index (κ2) is 8.72. The predicted molar refractivity (Wildman–Crippen MR) is 120 cm³/mol. The SMILES string of the molecule is COc1ccc(OC)c(NC2=C(c3ccc(Cl)cc3)C(=O)N(c3ccc(F)cc3)C2=O)c1. The fourth-order valence-electron chi connectivity index (χ4n) is 3.40. The molecule has 32 heavy (non-hydrogen) atoms. The molecule has 0 spiro atoms. The Morgan fingerprint density at radius 3 is 2.19 bits per heavy atom. The molecule has 1 N–H and O–H groups in total. The molecule has 8 heteroatoms. The van der Waals surface area contributed by atoms with Crippen molar-refractivity contribution in [2.24, 2.45) is 0 Å². The molecule has 3 aromatic rings. The van der Waals surface area contributed by atoms with Gasteiger partial charge in [0.1, 0.15) is 23.0 Å². The van der Waals surface area contributed by atoms with Crippen LogP contribution < -0.4 is 19.7 Å². The van der Waals surface area contributed by atoms with E-state index in [1.165, 1.54) is 38.5 Å². The van der Waals surface area contributed by atoms with E-state index in [9.17, 15) is 14.0 Å². The Kier molecular flexibility index (Phi) is 5.83. The minimum absolute atomic E-state index is 0.0493. The van der Waals surface area contributed by atoms with Crippen LogP contribution in [0, 0.1) is 5.82 Å². The Bertz CT molecular complexity index is 1220. The van der Waals surface area contributed by atoms with Crippen LogP contribution in [0.25, 0.3) is 5.57 Å². The summed E-state index contributed by atoms with van der Waals surface area (Å²) >= 11 is 6.00. The van der Waals surface area contributed by atoms with Gasteiger partial charge < -0.3 is 14.8 Å². The van der Waals surface area contributed by atoms with Crippen LogP contribution in [0.4, 0.5) is 15.8 Å². The molecule has 0 unspecified atom stereocenters. The van der Waals surface area contributed by atoms with E-state index < -0.39 is 17.6 Å². The van der Waals surface area contributed by atoms with E-state index in [0.29, 0.717) is 27.8 Å². The number of nitrogens with one attached hydrogen (secondary N) is 1. The normalized spacial score (nSPS) is 13.6. The highest BCUT2D eigenvalue weighted by Gasteiger charge is 2.40. The van der Waals surface area contributed by atoms with Gasteiger partial charge >= 0.3 is 0 Å². The number of halogens is 2. The van der Waals surface area contributed by atoms with Crippen LogP contribution in [0.5, 0.6) is 11.5 Å². The second-order valence-electron chi connectivity index (χ2n) is 6.87. The number of rotatable bonds is 6. The van der Waals surface area contributed by atoms with E-state index in [-0.39, 0.29) is 17.0 Å². The summed E-state index contributed by atoms with van der Waals surface area (Å²) in [5, 5.41) is 3.54. The number of anilines is 2. The van der Waals surface area contributed by atoms with Gasteiger partial charge in [-0.3, -0.25) is 9.59 Å². The average molecular weight is 453 g/mol. The summed E-state index contributed by atoms with van der Waals surface area (Å²) in [7, 11) is 3.01. The minimum Gasteiger partial charge on any atom is -0.497 e. The number of hydrogen-bond donors (Lipinski definition) is 1. The molecule has 0 aliphatic carbocycles. The lowest BCUT2D eigenvalue weighted by atomic mass is 10.0. The lowest BCUT2D eigenvalue weighted by molar-refractivity contribution is -0.120. The van der Waals surface area contributed by atoms with Crippen molar-refractivity contribution in [3.63, 3.8) is 0 Å². The molecule has 4 rings (SSSR count). The van der Waals surface area contributed by atoms with Crippen molar-refractivity contribution in [1.29, 1.82) is 0 Å². The topological polar surface area (TPSA) is 67.9 Å². The monoisotopic (exact) mass is 452 g/mol. The Hall–Kier alpha value is -3.84. The van der Waals surface area contributed by atoms with Crippen LogP contribution in [0.15, 0.2) is 72.4 Å². The first-order valence-electron chi connectivity index (χ1n) is 9.56. The largest absolute Gasteiger partial charge is 0.497 e. The number of methoxy groups -OCH3 is 2. The van der Waals surface area contributed by atoms with Crippen LogP contribution in [0.1, 0.15) is 5.56 Å². The first-order chi connectivity index (χ1) is 15.4. The highest BCUT2D eigenvalue weighted by molar-refractivity contribution is 6.46. The quantitative estimate of drug-likeness (QED) is 0.539. The van der Waals surface area contributed by atoms with Crippen molar-refractivity contribution < 1.29 is 23.5 Å². The molecule has 0 radical (unpaired) electrons. The molecule has 1 aliphatic heterocycles. The summed E-state index contributed by atoms with van der Waals surface area (Å²) < 4.78 is 24.1. The van der Waals surface area contributed by atoms with Crippen LogP contribution in [-0.4, -0.2) is 26.0 Å². The van der Waals surface area contributed by atoms with E-state index in [2.05, 4.69) is 5.32 Å². The van der Waals surface area contributed by atoms with Crippen molar-refractivity contribution in [3.05, 3.63) is 88.8 Å². The fourth-order valence-corrected chi connectivity index (χ4v) is 3.53. The third kappa shape index (κ3) is 3.90. The number of benzene rings is 3. The van der Waals surface area contributed by atoms with Crippen LogP contribution in [0.2, 0.25) is 5.02 Å². The van der Waals surface area contributed by atoms with Gasteiger partial charge in [-0.2, -0.15) is 0 Å². The summed E-state index contributed by atoms with van der Waals surface area (Å²) in [6, 6.07) is 16.8. The van der Waals surface area contributed by atoms with Crippen LogP contribution in [0.3, 0.4) is 0 Å². The maximum absolute atomic E-state index is 13.4. The minimum atomic E-state index is -0.587. The summed E-state index contributed by atoms with van der Waals surface area (Å²) in [6.07, 6.45) is 0. The molecule has 3 aromatic carbocycles. The smallest absolute Gasteiger partial charge is 0.282 e. The number of imide groups is 1. The zero-order chi connectivity index (χ0) is 22.8. The summed E-state index contributed by atoms with van der Waals surface area (Å²) in [6.45, 7) is 0. The molecule has 1 heterocycles. The van der Waals surface area contributed by atoms with Crippen molar-refractivity contribution in [2.75, 3.05) is 24.4 Å². The highest BCUT2D eigenvalue weighted by Crippen LogP contribution is 2.37. The lowest BCUT2D eigenvalue weighted by Gasteiger charge is -2.16. The van der Waals surface area contributed by atoms with Gasteiger partial charge in [0, 0.05) is 11.1 Å². The van der Waals surface area contributed by atoms with Gasteiger partial charge in [-0.25, -0.2) is 9.29 Å². The molecule has 6 nitrogen and oxygen atoms in total. The third-order valence-corrected chi connectivity index (χ3v) is 5.22. The standard InChI is InChI=1S/C24H18ClFN2O4/c1-31-18-11-12-20(32-2)19(13-18)27-22-21(14-3-5-15(25)6-4-14)23(29)28(24(22)30)17-9-7-16(26)8-10-17/h3-13,27H,1-2H3. The van der Waals surface area contributed by atoms with Gasteiger partial charge in [-0.1, -0.05) is 23.7 Å². The number of amides is 2. The molecule has 1 aliphatic rings. The van der Waals surface area contributed by atoms with Crippen molar-refractivity contribution in [2.45, 2.75) is 0 Å². The van der Waals surface area contributed by atoms with Gasteiger partial charge in [0.05, 0.1) is 31.2 Å². The van der Waals surface area contributed by atoms with E-state index in [1.54, 1.807) is 42.5 Å². The molecule has 2 amide bonds. The molecule has 0 fully saturated rings. The Morgan fingerprint density at radius 1 is 0.875 bits per heavy atom. The molecular formula is C24H18ClFN2O4. The molecule has 0 atom stereocenters. The van der Waals surface area contributed by atoms with Crippen molar-refractivity contribution in [3.8, 4) is 11.5 Å². The molecule has 0 bridgehead atoms. The van der Waals surface area contributed by atoms with E-state index >= 15 is 0 Å². The first kappa shape index (κ1) is 21.4. The highest BCUT2D eigenvalue weighted by atomic mass is 35.5. The van der Waals surface area contributed by atoms with E-state index in [1.807, 2.05) is 0 Å². The molecule has 0 saturated carbocycles. The number of carbonyl (C=O) groups excluding carboxylic acids is 2. The van der Waals surface area contributed by atoms with Crippen LogP contribution in [-0.2, 0) is 9.59 Å². The van der Waals surface area contributed by atoms with Crippen molar-refractivity contribution in [1.82, 2.24) is 0 Å². The number of ether oxygens (including phenoxy) is 2. The molecular weight excluding hydrogens is 435 g/mol. The van der Waals surface area contributed by atoms with Gasteiger partial charge in [0.25, 0.3) is 11.8 Å². The van der Waals surface area contributed by atoms with Gasteiger partial charge in [-0.05, 0) is 54.1 Å². The zero-order valence-corrected chi connectivity index (χ0v) is 17.9. The van der Waals surface area contributed by atoms with Gasteiger partial charge in [-0.15, -0.1) is 0 Å². The van der Waals surface area contributed by atoms with E-state index in [0.717, 1.165) is 4.90 Å². The van der Waals surface area contributed by atoms with Crippen molar-refractivity contribution >= 4 is 40.4 Å². The van der Waals surface area contributed by atoms with Gasteiger partial charge in [0.2, 0.25) is 0 Å².